The van der Waals surface area contributed by atoms with Crippen molar-refractivity contribution in [1.82, 2.24) is 15.5 Å². The Balaban J connectivity index is 0. The third kappa shape index (κ3) is 11.2. The fourth-order valence-electron chi connectivity index (χ4n) is 2.72. The van der Waals surface area contributed by atoms with Crippen LogP contribution >= 0.6 is 0 Å². The van der Waals surface area contributed by atoms with Crippen LogP contribution in [0.4, 0.5) is 15.3 Å². The van der Waals surface area contributed by atoms with E-state index in [0.717, 1.165) is 5.56 Å². The van der Waals surface area contributed by atoms with Crippen LogP contribution in [-0.4, -0.2) is 43.0 Å². The van der Waals surface area contributed by atoms with Crippen LogP contribution in [0.15, 0.2) is 60.7 Å². The molecule has 3 rings (SSSR count). The van der Waals surface area contributed by atoms with Gasteiger partial charge in [0.15, 0.2) is 0 Å². The molecule has 1 aliphatic rings. The number of imide groups is 1. The van der Waals surface area contributed by atoms with Crippen molar-refractivity contribution in [3.63, 3.8) is 0 Å². The predicted molar refractivity (Wildman–Crippen MR) is 138 cm³/mol. The van der Waals surface area contributed by atoms with Gasteiger partial charge in [0, 0.05) is 33.1 Å². The Morgan fingerprint density at radius 1 is 0.909 bits per heavy atom. The Morgan fingerprint density at radius 2 is 1.42 bits per heavy atom. The number of nitrogens with zero attached hydrogens (tertiary/aromatic N) is 2. The summed E-state index contributed by atoms with van der Waals surface area (Å²) in [6.45, 7) is 11.5. The van der Waals surface area contributed by atoms with Gasteiger partial charge in [0.1, 0.15) is 0 Å². The number of urea groups is 2. The third-order valence-corrected chi connectivity index (χ3v) is 4.10. The molecule has 0 spiro atoms. The first-order chi connectivity index (χ1) is 15.6. The first-order valence-corrected chi connectivity index (χ1v) is 11.2. The zero-order valence-corrected chi connectivity index (χ0v) is 20.2. The average molecular weight is 459 g/mol. The molecular weight excluding hydrogens is 416 g/mol. The number of amides is 5. The first-order valence-electron chi connectivity index (χ1n) is 11.2. The van der Waals surface area contributed by atoms with Gasteiger partial charge in [-0.15, -0.1) is 0 Å². The largest absolute Gasteiger partial charge is 0.341 e. The van der Waals surface area contributed by atoms with Crippen LogP contribution in [0.3, 0.4) is 0 Å². The number of hydrogen-bond donors (Lipinski definition) is 2. The molecule has 0 aliphatic carbocycles. The van der Waals surface area contributed by atoms with Gasteiger partial charge >= 0.3 is 12.1 Å². The highest BCUT2D eigenvalue weighted by molar-refractivity contribution is 6.15. The minimum absolute atomic E-state index is 0. The zero-order chi connectivity index (χ0) is 24.4. The van der Waals surface area contributed by atoms with E-state index < -0.39 is 0 Å². The molecule has 0 radical (unpaired) electrons. The van der Waals surface area contributed by atoms with Gasteiger partial charge in [0.05, 0.1) is 5.69 Å². The molecule has 1 saturated heterocycles. The summed E-state index contributed by atoms with van der Waals surface area (Å²) in [5.74, 6) is -0.143. The van der Waals surface area contributed by atoms with Crippen molar-refractivity contribution in [1.29, 1.82) is 0 Å². The van der Waals surface area contributed by atoms with E-state index in [1.807, 2.05) is 83.1 Å². The molecule has 5 amide bonds. The first kappa shape index (κ1) is 31.8. The minimum Gasteiger partial charge on any atom is -0.341 e. The van der Waals surface area contributed by atoms with Crippen molar-refractivity contribution in [2.75, 3.05) is 25.0 Å². The molecule has 1 heterocycles. The molecular formula is C26H42N4O3. The molecule has 2 aromatic carbocycles. The van der Waals surface area contributed by atoms with Gasteiger partial charge in [-0.1, -0.05) is 83.7 Å². The summed E-state index contributed by atoms with van der Waals surface area (Å²) in [5, 5.41) is 4.96. The monoisotopic (exact) mass is 458 g/mol. The third-order valence-electron chi connectivity index (χ3n) is 4.10. The van der Waals surface area contributed by atoms with Crippen molar-refractivity contribution in [2.24, 2.45) is 0 Å². The van der Waals surface area contributed by atoms with E-state index in [4.69, 9.17) is 0 Å². The lowest BCUT2D eigenvalue weighted by atomic mass is 10.1. The van der Waals surface area contributed by atoms with E-state index in [1.54, 1.807) is 24.1 Å². The Kier molecular flexibility index (Phi) is 18.7. The number of nitrogens with one attached hydrogen (secondary N) is 2. The highest BCUT2D eigenvalue weighted by atomic mass is 16.2. The zero-order valence-electron chi connectivity index (χ0n) is 20.2. The van der Waals surface area contributed by atoms with Crippen LogP contribution < -0.4 is 15.5 Å². The molecule has 7 heteroatoms. The highest BCUT2D eigenvalue weighted by Crippen LogP contribution is 2.21. The molecule has 7 nitrogen and oxygen atoms in total. The predicted octanol–water partition coefficient (Wildman–Crippen LogP) is 5.67. The van der Waals surface area contributed by atoms with E-state index in [0.29, 0.717) is 31.7 Å². The minimum atomic E-state index is -0.249. The number of rotatable bonds is 4. The molecule has 0 bridgehead atoms. The molecule has 2 aromatic rings. The Bertz CT molecular complexity index is 783. The second-order valence-electron chi connectivity index (χ2n) is 6.11. The maximum atomic E-state index is 12.6. The van der Waals surface area contributed by atoms with Gasteiger partial charge in [-0.05, 0) is 24.6 Å². The number of para-hydroxylation sites is 1. The van der Waals surface area contributed by atoms with Crippen LogP contribution in [0.5, 0.6) is 0 Å². The van der Waals surface area contributed by atoms with E-state index in [1.165, 1.54) is 4.90 Å². The summed E-state index contributed by atoms with van der Waals surface area (Å²) in [4.78, 5) is 37.8. The van der Waals surface area contributed by atoms with Gasteiger partial charge < -0.3 is 15.5 Å². The lowest BCUT2D eigenvalue weighted by Crippen LogP contribution is -2.52. The normalized spacial score (nSPS) is 11.8. The fourth-order valence-corrected chi connectivity index (χ4v) is 2.72. The molecule has 33 heavy (non-hydrogen) atoms. The number of carbonyl (C=O) groups excluding carboxylic acids is 3. The fraction of sp³-hybridized carbons (Fsp3) is 0.423. The molecule has 184 valence electrons. The van der Waals surface area contributed by atoms with Gasteiger partial charge in [0.25, 0.3) is 0 Å². The summed E-state index contributed by atoms with van der Waals surface area (Å²) < 4.78 is 0. The SMILES string of the molecule is C.CC.CC.CCNC(=O)NC.O=C1CCN(Cc2ccccc2)C(=O)N1c1ccccc1. The smallest absolute Gasteiger partial charge is 0.331 e. The van der Waals surface area contributed by atoms with Crippen LogP contribution in [0.2, 0.25) is 0 Å². The van der Waals surface area contributed by atoms with Crippen LogP contribution in [0.25, 0.3) is 0 Å². The Labute approximate surface area is 200 Å². The molecule has 0 atom stereocenters. The Morgan fingerprint density at radius 3 is 1.88 bits per heavy atom. The van der Waals surface area contributed by atoms with Crippen molar-refractivity contribution >= 4 is 23.7 Å². The number of hydrogen-bond acceptors (Lipinski definition) is 3. The summed E-state index contributed by atoms with van der Waals surface area (Å²) in [7, 11) is 1.59. The van der Waals surface area contributed by atoms with Crippen molar-refractivity contribution < 1.29 is 14.4 Å². The molecule has 0 aromatic heterocycles. The lowest BCUT2D eigenvalue weighted by molar-refractivity contribution is -0.119. The van der Waals surface area contributed by atoms with Crippen molar-refractivity contribution in [3.05, 3.63) is 66.2 Å². The molecule has 0 saturated carbocycles. The van der Waals surface area contributed by atoms with Gasteiger partial charge in [-0.2, -0.15) is 0 Å². The van der Waals surface area contributed by atoms with E-state index in [2.05, 4.69) is 10.6 Å². The molecule has 0 unspecified atom stereocenters. The van der Waals surface area contributed by atoms with Gasteiger partial charge in [-0.3, -0.25) is 4.79 Å². The second kappa shape index (κ2) is 19.3. The topological polar surface area (TPSA) is 81.8 Å². The lowest BCUT2D eigenvalue weighted by Gasteiger charge is -2.34. The number of benzene rings is 2. The van der Waals surface area contributed by atoms with Crippen LogP contribution in [0, 0.1) is 0 Å². The van der Waals surface area contributed by atoms with E-state index in [9.17, 15) is 14.4 Å². The molecule has 2 N–H and O–H groups in total. The van der Waals surface area contributed by atoms with Crippen LogP contribution in [-0.2, 0) is 11.3 Å². The summed E-state index contributed by atoms with van der Waals surface area (Å²) in [6.07, 6.45) is 0.355. The number of carbonyl (C=O) groups is 3. The molecule has 1 aliphatic heterocycles. The van der Waals surface area contributed by atoms with E-state index >= 15 is 0 Å². The average Bonchev–Trinajstić information content (AvgIpc) is 2.85. The Hall–Kier alpha value is -3.35. The standard InChI is InChI=1S/C17H16N2O2.C4H10N2O.2C2H6.CH4/c20-16-11-12-18(13-14-7-3-1-4-8-14)17(21)19(16)15-9-5-2-6-10-15;1-3-6-4(7)5-2;2*1-2;/h1-10H,11-13H2;3H2,1-2H3,(H2,5,6,7);2*1-2H3;1H4. The summed E-state index contributed by atoms with van der Waals surface area (Å²) >= 11 is 0. The second-order valence-corrected chi connectivity index (χ2v) is 6.11. The summed E-state index contributed by atoms with van der Waals surface area (Å²) in [6, 6.07) is 18.5. The maximum Gasteiger partial charge on any atom is 0.331 e. The van der Waals surface area contributed by atoms with Gasteiger partial charge in [-0.25, -0.2) is 14.5 Å². The summed E-state index contributed by atoms with van der Waals surface area (Å²) in [5.41, 5.74) is 1.69. The van der Waals surface area contributed by atoms with E-state index in [-0.39, 0.29) is 25.4 Å². The van der Waals surface area contributed by atoms with Gasteiger partial charge in [0.2, 0.25) is 5.91 Å². The van der Waals surface area contributed by atoms with Crippen molar-refractivity contribution in [3.8, 4) is 0 Å². The molecule has 1 fully saturated rings. The van der Waals surface area contributed by atoms with Crippen LogP contribution in [0.1, 0.15) is 54.0 Å². The number of anilines is 1. The van der Waals surface area contributed by atoms with Crippen molar-refractivity contribution in [2.45, 2.75) is 55.0 Å². The quantitative estimate of drug-likeness (QED) is 0.619. The maximum absolute atomic E-state index is 12.6. The highest BCUT2D eigenvalue weighted by Gasteiger charge is 2.32.